The number of anilines is 3. The number of halogens is 4. The van der Waals surface area contributed by atoms with Crippen LogP contribution in [0.3, 0.4) is 0 Å². The topological polar surface area (TPSA) is 78.5 Å². The van der Waals surface area contributed by atoms with Crippen molar-refractivity contribution in [1.82, 2.24) is 0 Å². The second-order valence-corrected chi connectivity index (χ2v) is 8.98. The van der Waals surface area contributed by atoms with Crippen LogP contribution >= 0.6 is 46.4 Å². The number of nitrogens with zero attached hydrogens (tertiary/aromatic N) is 1. The van der Waals surface area contributed by atoms with E-state index in [4.69, 9.17) is 46.4 Å². The molecule has 1 heterocycles. The van der Waals surface area contributed by atoms with Gasteiger partial charge in [0, 0.05) is 22.0 Å². The van der Waals surface area contributed by atoms with Crippen molar-refractivity contribution in [2.24, 2.45) is 0 Å². The Bertz CT molecular complexity index is 1370. The molecule has 3 aromatic rings. The number of rotatable bonds is 5. The third-order valence-electron chi connectivity index (χ3n) is 5.03. The van der Waals surface area contributed by atoms with Gasteiger partial charge in [-0.2, -0.15) is 0 Å². The Morgan fingerprint density at radius 3 is 2.15 bits per heavy atom. The van der Waals surface area contributed by atoms with Crippen molar-refractivity contribution in [3.05, 3.63) is 97.6 Å². The zero-order valence-electron chi connectivity index (χ0n) is 17.5. The lowest BCUT2D eigenvalue weighted by Gasteiger charge is -2.17. The molecule has 34 heavy (non-hydrogen) atoms. The van der Waals surface area contributed by atoms with Gasteiger partial charge in [-0.05, 0) is 67.1 Å². The van der Waals surface area contributed by atoms with Crippen LogP contribution in [-0.4, -0.2) is 17.7 Å². The van der Waals surface area contributed by atoms with Gasteiger partial charge in [0.1, 0.15) is 10.7 Å². The number of carbonyl (C=O) groups is 3. The fourth-order valence-corrected chi connectivity index (χ4v) is 3.96. The molecule has 0 spiro atoms. The van der Waals surface area contributed by atoms with Gasteiger partial charge >= 0.3 is 0 Å². The fourth-order valence-electron chi connectivity index (χ4n) is 3.28. The highest BCUT2D eigenvalue weighted by Gasteiger charge is 2.39. The van der Waals surface area contributed by atoms with E-state index in [9.17, 15) is 14.4 Å². The van der Waals surface area contributed by atoms with Crippen LogP contribution in [0.4, 0.5) is 17.1 Å². The average molecular weight is 535 g/mol. The third kappa shape index (κ3) is 4.76. The Morgan fingerprint density at radius 2 is 1.47 bits per heavy atom. The minimum atomic E-state index is -0.655. The molecular formula is C24H15Cl4N3O3. The second-order valence-electron chi connectivity index (χ2n) is 7.35. The minimum absolute atomic E-state index is 0.0703. The van der Waals surface area contributed by atoms with Crippen molar-refractivity contribution in [2.45, 2.75) is 6.92 Å². The van der Waals surface area contributed by atoms with Gasteiger partial charge in [0.15, 0.2) is 0 Å². The van der Waals surface area contributed by atoms with E-state index in [0.29, 0.717) is 43.3 Å². The van der Waals surface area contributed by atoms with Gasteiger partial charge in [-0.3, -0.25) is 14.4 Å². The molecule has 0 aromatic heterocycles. The maximum Gasteiger partial charge on any atom is 0.283 e. The molecule has 172 valence electrons. The second kappa shape index (κ2) is 9.68. The Hall–Kier alpha value is -3.03. The summed E-state index contributed by atoms with van der Waals surface area (Å²) in [5.41, 5.74) is 2.29. The van der Waals surface area contributed by atoms with E-state index >= 15 is 0 Å². The third-order valence-corrected chi connectivity index (χ3v) is 6.36. The molecule has 0 atom stereocenters. The van der Waals surface area contributed by atoms with Gasteiger partial charge < -0.3 is 10.6 Å². The van der Waals surface area contributed by atoms with Gasteiger partial charge in [-0.25, -0.2) is 4.90 Å². The number of imide groups is 1. The number of carbonyl (C=O) groups excluding carboxylic acids is 3. The van der Waals surface area contributed by atoms with Crippen LogP contribution < -0.4 is 15.5 Å². The Kier molecular flexibility index (Phi) is 6.86. The van der Waals surface area contributed by atoms with E-state index in [1.54, 1.807) is 61.5 Å². The number of benzene rings is 3. The first-order valence-electron chi connectivity index (χ1n) is 9.84. The molecule has 1 aliphatic heterocycles. The highest BCUT2D eigenvalue weighted by Crippen LogP contribution is 2.33. The van der Waals surface area contributed by atoms with Crippen molar-refractivity contribution in [3.63, 3.8) is 0 Å². The van der Waals surface area contributed by atoms with Crippen LogP contribution in [0.2, 0.25) is 15.1 Å². The zero-order chi connectivity index (χ0) is 24.6. The molecule has 10 heteroatoms. The maximum atomic E-state index is 13.0. The lowest BCUT2D eigenvalue weighted by Crippen LogP contribution is -2.32. The molecule has 0 unspecified atom stereocenters. The molecule has 0 bridgehead atoms. The number of aryl methyl sites for hydroxylation is 1. The summed E-state index contributed by atoms with van der Waals surface area (Å²) >= 11 is 24.1. The first-order valence-corrected chi connectivity index (χ1v) is 11.3. The normalized spacial score (nSPS) is 13.5. The molecule has 3 aromatic carbocycles. The SMILES string of the molecule is Cc1ccc(Cl)cc1N1C(=O)C(Cl)=C(Nc2ccc(C(=O)Nc3ccc(Cl)c(Cl)c3)cc2)C1=O. The van der Waals surface area contributed by atoms with E-state index in [-0.39, 0.29) is 16.6 Å². The van der Waals surface area contributed by atoms with E-state index in [2.05, 4.69) is 10.6 Å². The van der Waals surface area contributed by atoms with Crippen LogP contribution in [-0.2, 0) is 9.59 Å². The van der Waals surface area contributed by atoms with Gasteiger partial charge in [0.05, 0.1) is 15.7 Å². The zero-order valence-corrected chi connectivity index (χ0v) is 20.5. The highest BCUT2D eigenvalue weighted by atomic mass is 35.5. The summed E-state index contributed by atoms with van der Waals surface area (Å²) in [5.74, 6) is -1.63. The summed E-state index contributed by atoms with van der Waals surface area (Å²) in [6, 6.07) is 16.0. The van der Waals surface area contributed by atoms with E-state index < -0.39 is 11.8 Å². The molecular weight excluding hydrogens is 520 g/mol. The van der Waals surface area contributed by atoms with Crippen molar-refractivity contribution >= 4 is 81.2 Å². The van der Waals surface area contributed by atoms with E-state index in [0.717, 1.165) is 4.90 Å². The van der Waals surface area contributed by atoms with E-state index in [1.807, 2.05) is 0 Å². The van der Waals surface area contributed by atoms with Gasteiger partial charge in [-0.15, -0.1) is 0 Å². The number of hydrogen-bond acceptors (Lipinski definition) is 4. The summed E-state index contributed by atoms with van der Waals surface area (Å²) in [6.07, 6.45) is 0. The monoisotopic (exact) mass is 533 g/mol. The molecule has 0 fully saturated rings. The summed E-state index contributed by atoms with van der Waals surface area (Å²) in [7, 11) is 0. The summed E-state index contributed by atoms with van der Waals surface area (Å²) < 4.78 is 0. The molecule has 2 N–H and O–H groups in total. The molecule has 0 aliphatic carbocycles. The number of amides is 3. The van der Waals surface area contributed by atoms with Gasteiger partial charge in [0.25, 0.3) is 17.7 Å². The van der Waals surface area contributed by atoms with Crippen LogP contribution in [0.25, 0.3) is 0 Å². The van der Waals surface area contributed by atoms with Crippen LogP contribution in [0.15, 0.2) is 71.4 Å². The van der Waals surface area contributed by atoms with E-state index in [1.165, 1.54) is 6.07 Å². The Balaban J connectivity index is 1.50. The largest absolute Gasteiger partial charge is 0.350 e. The molecule has 0 radical (unpaired) electrons. The smallest absolute Gasteiger partial charge is 0.283 e. The first-order chi connectivity index (χ1) is 16.2. The minimum Gasteiger partial charge on any atom is -0.350 e. The fraction of sp³-hybridized carbons (Fsp3) is 0.0417. The molecule has 0 saturated heterocycles. The molecule has 6 nitrogen and oxygen atoms in total. The lowest BCUT2D eigenvalue weighted by molar-refractivity contribution is -0.120. The van der Waals surface area contributed by atoms with Crippen molar-refractivity contribution < 1.29 is 14.4 Å². The molecule has 0 saturated carbocycles. The van der Waals surface area contributed by atoms with Crippen molar-refractivity contribution in [3.8, 4) is 0 Å². The molecule has 4 rings (SSSR count). The standard InChI is InChI=1S/C24H15Cl4N3O3/c1-12-2-5-14(25)10-19(12)31-23(33)20(28)21(24(31)34)29-15-6-3-13(4-7-15)22(32)30-16-8-9-17(26)18(27)11-16/h2-11,29H,1H3,(H,30,32). The van der Waals surface area contributed by atoms with Gasteiger partial charge in [0.2, 0.25) is 0 Å². The molecule has 3 amide bonds. The number of nitrogens with one attached hydrogen (secondary N) is 2. The summed E-state index contributed by atoms with van der Waals surface area (Å²) in [4.78, 5) is 39.2. The van der Waals surface area contributed by atoms with Gasteiger partial charge in [-0.1, -0.05) is 52.5 Å². The average Bonchev–Trinajstić information content (AvgIpc) is 3.01. The predicted octanol–water partition coefficient (Wildman–Crippen LogP) is 6.64. The predicted molar refractivity (Wildman–Crippen MR) is 136 cm³/mol. The highest BCUT2D eigenvalue weighted by molar-refractivity contribution is 6.53. The Labute approximate surface area is 215 Å². The quantitative estimate of drug-likeness (QED) is 0.359. The number of hydrogen-bond donors (Lipinski definition) is 2. The van der Waals surface area contributed by atoms with Crippen molar-refractivity contribution in [1.29, 1.82) is 0 Å². The van der Waals surface area contributed by atoms with Crippen LogP contribution in [0.1, 0.15) is 15.9 Å². The van der Waals surface area contributed by atoms with Crippen molar-refractivity contribution in [2.75, 3.05) is 15.5 Å². The van der Waals surface area contributed by atoms with Crippen LogP contribution in [0, 0.1) is 6.92 Å². The Morgan fingerprint density at radius 1 is 0.794 bits per heavy atom. The summed E-state index contributed by atoms with van der Waals surface area (Å²) in [5, 5.41) is 6.44. The lowest BCUT2D eigenvalue weighted by atomic mass is 10.1. The summed E-state index contributed by atoms with van der Waals surface area (Å²) in [6.45, 7) is 1.76. The molecule has 1 aliphatic rings. The maximum absolute atomic E-state index is 13.0. The van der Waals surface area contributed by atoms with Crippen LogP contribution in [0.5, 0.6) is 0 Å². The first kappa shape index (κ1) is 24.1.